The molecule has 0 saturated carbocycles. The topological polar surface area (TPSA) is 92.7 Å². The van der Waals surface area contributed by atoms with Crippen molar-refractivity contribution in [2.45, 2.75) is 32.6 Å². The van der Waals surface area contributed by atoms with E-state index in [1.165, 1.54) is 0 Å². The Labute approximate surface area is 99.6 Å². The van der Waals surface area contributed by atoms with Crippen molar-refractivity contribution in [2.75, 3.05) is 6.61 Å². The third-order valence-electron chi connectivity index (χ3n) is 1.84. The van der Waals surface area contributed by atoms with Crippen molar-refractivity contribution in [3.05, 3.63) is 12.2 Å². The van der Waals surface area contributed by atoms with E-state index in [4.69, 9.17) is 9.84 Å². The summed E-state index contributed by atoms with van der Waals surface area (Å²) in [5.74, 6) is -1.53. The normalized spacial score (nSPS) is 10.2. The Kier molecular flexibility index (Phi) is 8.36. The van der Waals surface area contributed by atoms with Crippen molar-refractivity contribution in [1.29, 1.82) is 0 Å². The smallest absolute Gasteiger partial charge is 0.411 e. The second-order valence-corrected chi connectivity index (χ2v) is 3.36. The van der Waals surface area contributed by atoms with Gasteiger partial charge in [-0.05, 0) is 6.42 Å². The number of carbonyl (C=O) groups is 3. The minimum atomic E-state index is -1.47. The molecule has 96 valence electrons. The Balaban J connectivity index is 3.67. The number of amides is 2. The molecule has 0 fully saturated rings. The third kappa shape index (κ3) is 10.4. The van der Waals surface area contributed by atoms with Gasteiger partial charge in [-0.3, -0.25) is 10.1 Å². The minimum Gasteiger partial charge on any atom is -0.465 e. The highest BCUT2D eigenvalue weighted by molar-refractivity contribution is 6.01. The largest absolute Gasteiger partial charge is 0.465 e. The molecular formula is C11H17NO5. The lowest BCUT2D eigenvalue weighted by molar-refractivity contribution is -0.138. The number of hydrogen-bond acceptors (Lipinski definition) is 4. The Morgan fingerprint density at radius 1 is 1.18 bits per heavy atom. The number of rotatable bonds is 7. The van der Waals surface area contributed by atoms with Crippen LogP contribution in [0.1, 0.15) is 32.6 Å². The van der Waals surface area contributed by atoms with Crippen LogP contribution in [0.3, 0.4) is 0 Å². The summed E-state index contributed by atoms with van der Waals surface area (Å²) in [6.07, 6.45) is 4.23. The second-order valence-electron chi connectivity index (χ2n) is 3.36. The van der Waals surface area contributed by atoms with Gasteiger partial charge in [0.25, 0.3) is 5.91 Å². The maximum absolute atomic E-state index is 11.0. The summed E-state index contributed by atoms with van der Waals surface area (Å²) in [6, 6.07) is 0. The molecule has 0 bridgehead atoms. The lowest BCUT2D eigenvalue weighted by atomic mass is 10.2. The Hall–Kier alpha value is -1.85. The molecule has 0 saturated heterocycles. The number of carbonyl (C=O) groups excluding carboxylic acids is 2. The van der Waals surface area contributed by atoms with Crippen molar-refractivity contribution in [1.82, 2.24) is 5.32 Å². The van der Waals surface area contributed by atoms with E-state index >= 15 is 0 Å². The maximum atomic E-state index is 11.0. The molecule has 0 aliphatic rings. The SMILES string of the molecule is CCCCCCOC(=O)/C=C\C(=O)NC(=O)O. The van der Waals surface area contributed by atoms with Crippen LogP contribution in [-0.4, -0.2) is 29.7 Å². The summed E-state index contributed by atoms with van der Waals surface area (Å²) in [7, 11) is 0. The third-order valence-corrected chi connectivity index (χ3v) is 1.84. The van der Waals surface area contributed by atoms with E-state index in [0.29, 0.717) is 6.61 Å². The average Bonchev–Trinajstić information content (AvgIpc) is 2.25. The number of imide groups is 1. The van der Waals surface area contributed by atoms with Crippen molar-refractivity contribution in [2.24, 2.45) is 0 Å². The molecule has 6 heteroatoms. The summed E-state index contributed by atoms with van der Waals surface area (Å²) >= 11 is 0. The van der Waals surface area contributed by atoms with Gasteiger partial charge < -0.3 is 9.84 Å². The van der Waals surface area contributed by atoms with Crippen molar-refractivity contribution >= 4 is 18.0 Å². The van der Waals surface area contributed by atoms with Gasteiger partial charge in [-0.2, -0.15) is 0 Å². The summed E-state index contributed by atoms with van der Waals surface area (Å²) in [5, 5.41) is 9.76. The molecule has 17 heavy (non-hydrogen) atoms. The Bertz CT molecular complexity index is 298. The molecule has 2 amide bonds. The molecule has 0 spiro atoms. The Morgan fingerprint density at radius 2 is 1.88 bits per heavy atom. The summed E-state index contributed by atoms with van der Waals surface area (Å²) < 4.78 is 4.79. The van der Waals surface area contributed by atoms with E-state index in [-0.39, 0.29) is 0 Å². The number of carboxylic acid groups (broad SMARTS) is 1. The molecular weight excluding hydrogens is 226 g/mol. The van der Waals surface area contributed by atoms with E-state index in [0.717, 1.165) is 37.8 Å². The first-order valence-corrected chi connectivity index (χ1v) is 5.45. The first kappa shape index (κ1) is 15.2. The zero-order chi connectivity index (χ0) is 13.1. The van der Waals surface area contributed by atoms with Gasteiger partial charge in [-0.25, -0.2) is 9.59 Å². The van der Waals surface area contributed by atoms with Crippen LogP contribution in [-0.2, 0) is 14.3 Å². The van der Waals surface area contributed by atoms with Gasteiger partial charge in [0.2, 0.25) is 0 Å². The average molecular weight is 243 g/mol. The maximum Gasteiger partial charge on any atom is 0.411 e. The highest BCUT2D eigenvalue weighted by Crippen LogP contribution is 1.99. The molecule has 6 nitrogen and oxygen atoms in total. The number of esters is 1. The zero-order valence-electron chi connectivity index (χ0n) is 9.77. The predicted octanol–water partition coefficient (Wildman–Crippen LogP) is 1.46. The predicted molar refractivity (Wildman–Crippen MR) is 60.4 cm³/mol. The van der Waals surface area contributed by atoms with Gasteiger partial charge in [0.1, 0.15) is 0 Å². The standard InChI is InChI=1S/C11H17NO5/c1-2-3-4-5-8-17-10(14)7-6-9(13)12-11(15)16/h6-7H,2-5,8H2,1H3,(H,12,13)(H,15,16)/b7-6-. The van der Waals surface area contributed by atoms with Crippen LogP contribution in [0.2, 0.25) is 0 Å². The summed E-state index contributed by atoms with van der Waals surface area (Å²) in [4.78, 5) is 31.9. The van der Waals surface area contributed by atoms with E-state index < -0.39 is 18.0 Å². The molecule has 0 aromatic carbocycles. The molecule has 0 aliphatic carbocycles. The monoisotopic (exact) mass is 243 g/mol. The fraction of sp³-hybridized carbons (Fsp3) is 0.545. The molecule has 0 atom stereocenters. The molecule has 0 aromatic rings. The first-order valence-electron chi connectivity index (χ1n) is 5.45. The van der Waals surface area contributed by atoms with Crippen molar-refractivity contribution < 1.29 is 24.2 Å². The summed E-state index contributed by atoms with van der Waals surface area (Å²) in [5.41, 5.74) is 0. The molecule has 0 unspecified atom stereocenters. The van der Waals surface area contributed by atoms with E-state index in [1.807, 2.05) is 0 Å². The van der Waals surface area contributed by atoms with Crippen LogP contribution in [0, 0.1) is 0 Å². The molecule has 0 rings (SSSR count). The lowest BCUT2D eigenvalue weighted by Crippen LogP contribution is -2.26. The minimum absolute atomic E-state index is 0.309. The van der Waals surface area contributed by atoms with Gasteiger partial charge in [0.15, 0.2) is 0 Å². The van der Waals surface area contributed by atoms with Crippen LogP contribution < -0.4 is 5.32 Å². The van der Waals surface area contributed by atoms with Crippen molar-refractivity contribution in [3.63, 3.8) is 0 Å². The molecule has 0 aliphatic heterocycles. The number of hydrogen-bond donors (Lipinski definition) is 2. The van der Waals surface area contributed by atoms with Gasteiger partial charge in [0, 0.05) is 12.2 Å². The van der Waals surface area contributed by atoms with E-state index in [2.05, 4.69) is 6.92 Å². The Morgan fingerprint density at radius 3 is 2.47 bits per heavy atom. The zero-order valence-corrected chi connectivity index (χ0v) is 9.77. The van der Waals surface area contributed by atoms with Crippen LogP contribution in [0.4, 0.5) is 4.79 Å². The van der Waals surface area contributed by atoms with Gasteiger partial charge in [0.05, 0.1) is 6.61 Å². The molecule has 0 heterocycles. The van der Waals surface area contributed by atoms with Gasteiger partial charge in [-0.1, -0.05) is 26.2 Å². The van der Waals surface area contributed by atoms with Gasteiger partial charge >= 0.3 is 12.1 Å². The first-order chi connectivity index (χ1) is 8.06. The van der Waals surface area contributed by atoms with E-state index in [9.17, 15) is 14.4 Å². The lowest BCUT2D eigenvalue weighted by Gasteiger charge is -2.00. The second kappa shape index (κ2) is 9.38. The molecule has 2 N–H and O–H groups in total. The molecule has 0 radical (unpaired) electrons. The highest BCUT2D eigenvalue weighted by Gasteiger charge is 2.02. The van der Waals surface area contributed by atoms with E-state index in [1.54, 1.807) is 5.32 Å². The number of unbranched alkanes of at least 4 members (excludes halogenated alkanes) is 3. The van der Waals surface area contributed by atoms with Crippen LogP contribution in [0.5, 0.6) is 0 Å². The van der Waals surface area contributed by atoms with Crippen molar-refractivity contribution in [3.8, 4) is 0 Å². The van der Waals surface area contributed by atoms with Gasteiger partial charge in [-0.15, -0.1) is 0 Å². The quantitative estimate of drug-likeness (QED) is 0.401. The van der Waals surface area contributed by atoms with Crippen LogP contribution >= 0.6 is 0 Å². The molecule has 0 aromatic heterocycles. The number of ether oxygens (including phenoxy) is 1. The fourth-order valence-electron chi connectivity index (χ4n) is 1.04. The fourth-order valence-corrected chi connectivity index (χ4v) is 1.04. The summed E-state index contributed by atoms with van der Waals surface area (Å²) in [6.45, 7) is 2.39. The number of nitrogens with one attached hydrogen (secondary N) is 1. The highest BCUT2D eigenvalue weighted by atomic mass is 16.5. The van der Waals surface area contributed by atoms with Crippen LogP contribution in [0.25, 0.3) is 0 Å². The van der Waals surface area contributed by atoms with Crippen LogP contribution in [0.15, 0.2) is 12.2 Å².